The molecular formula is C6H4F3N3O2. The third-order valence-corrected chi connectivity index (χ3v) is 1.39. The Kier molecular flexibility index (Phi) is 2.28. The van der Waals surface area contributed by atoms with Gasteiger partial charge in [-0.3, -0.25) is 10.1 Å². The standard InChI is InChI=1S/C6H4F3N3O2/c7-6(8,9)4-2-1-3(12(13)14)5(10)11-4/h1-2H,(H2,10,11). The third kappa shape index (κ3) is 1.90. The molecule has 0 unspecified atom stereocenters. The van der Waals surface area contributed by atoms with Crippen LogP contribution in [0.15, 0.2) is 12.1 Å². The molecule has 0 bridgehead atoms. The number of nitrogens with zero attached hydrogens (tertiary/aromatic N) is 2. The number of anilines is 1. The van der Waals surface area contributed by atoms with Crippen LogP contribution in [0.5, 0.6) is 0 Å². The molecule has 0 saturated heterocycles. The van der Waals surface area contributed by atoms with Gasteiger partial charge in [0.15, 0.2) is 0 Å². The van der Waals surface area contributed by atoms with Gasteiger partial charge in [-0.25, -0.2) is 4.98 Å². The van der Waals surface area contributed by atoms with E-state index < -0.39 is 28.3 Å². The maximum atomic E-state index is 12.0. The Morgan fingerprint density at radius 1 is 1.43 bits per heavy atom. The van der Waals surface area contributed by atoms with Crippen LogP contribution in [0.25, 0.3) is 0 Å². The number of pyridine rings is 1. The molecule has 0 aromatic carbocycles. The average molecular weight is 207 g/mol. The van der Waals surface area contributed by atoms with Crippen molar-refractivity contribution in [3.8, 4) is 0 Å². The maximum absolute atomic E-state index is 12.0. The van der Waals surface area contributed by atoms with Crippen molar-refractivity contribution >= 4 is 11.5 Å². The summed E-state index contributed by atoms with van der Waals surface area (Å²) in [5.41, 5.74) is 3.08. The Bertz CT molecular complexity index is 377. The Labute approximate surface area is 75.5 Å². The van der Waals surface area contributed by atoms with Gasteiger partial charge in [0.05, 0.1) is 4.92 Å². The van der Waals surface area contributed by atoms with E-state index in [1.54, 1.807) is 0 Å². The number of hydrogen-bond donors (Lipinski definition) is 1. The molecule has 76 valence electrons. The van der Waals surface area contributed by atoms with E-state index in [1.807, 2.05) is 0 Å². The maximum Gasteiger partial charge on any atom is 0.433 e. The first kappa shape index (κ1) is 10.2. The van der Waals surface area contributed by atoms with Crippen LogP contribution in [0, 0.1) is 10.1 Å². The molecular weight excluding hydrogens is 203 g/mol. The summed E-state index contributed by atoms with van der Waals surface area (Å²) in [5.74, 6) is -0.746. The Morgan fingerprint density at radius 2 is 2.00 bits per heavy atom. The second-order valence-corrected chi connectivity index (χ2v) is 2.36. The number of aromatic nitrogens is 1. The highest BCUT2D eigenvalue weighted by Gasteiger charge is 2.33. The summed E-state index contributed by atoms with van der Waals surface area (Å²) in [6.07, 6.45) is -4.65. The molecule has 0 fully saturated rings. The van der Waals surface area contributed by atoms with Gasteiger partial charge >= 0.3 is 11.9 Å². The molecule has 0 spiro atoms. The van der Waals surface area contributed by atoms with Gasteiger partial charge in [0.25, 0.3) is 0 Å². The molecule has 1 aromatic heterocycles. The molecule has 1 aromatic rings. The van der Waals surface area contributed by atoms with Gasteiger partial charge in [0, 0.05) is 6.07 Å². The fraction of sp³-hybridized carbons (Fsp3) is 0.167. The van der Waals surface area contributed by atoms with E-state index in [0.29, 0.717) is 12.1 Å². The fourth-order valence-electron chi connectivity index (χ4n) is 0.780. The minimum absolute atomic E-state index is 0.508. The van der Waals surface area contributed by atoms with Crippen molar-refractivity contribution in [3.63, 3.8) is 0 Å². The highest BCUT2D eigenvalue weighted by atomic mass is 19.4. The number of nitro groups is 1. The van der Waals surface area contributed by atoms with E-state index in [-0.39, 0.29) is 0 Å². The molecule has 8 heteroatoms. The first-order chi connectivity index (χ1) is 6.32. The third-order valence-electron chi connectivity index (χ3n) is 1.39. The number of rotatable bonds is 1. The molecule has 0 aliphatic rings. The van der Waals surface area contributed by atoms with Crippen LogP contribution < -0.4 is 5.73 Å². The topological polar surface area (TPSA) is 82.0 Å². The van der Waals surface area contributed by atoms with Crippen molar-refractivity contribution < 1.29 is 18.1 Å². The van der Waals surface area contributed by atoms with Crippen LogP contribution in [0.2, 0.25) is 0 Å². The molecule has 1 rings (SSSR count). The summed E-state index contributed by atoms with van der Waals surface area (Å²) in [4.78, 5) is 12.2. The molecule has 1 heterocycles. The lowest BCUT2D eigenvalue weighted by Gasteiger charge is -2.05. The summed E-state index contributed by atoms with van der Waals surface area (Å²) < 4.78 is 36.0. The second kappa shape index (κ2) is 3.13. The summed E-state index contributed by atoms with van der Waals surface area (Å²) in [6.45, 7) is 0. The van der Waals surface area contributed by atoms with Crippen molar-refractivity contribution in [2.75, 3.05) is 5.73 Å². The van der Waals surface area contributed by atoms with Gasteiger partial charge in [-0.15, -0.1) is 0 Å². The number of alkyl halides is 3. The Hall–Kier alpha value is -1.86. The van der Waals surface area contributed by atoms with E-state index >= 15 is 0 Å². The van der Waals surface area contributed by atoms with Crippen LogP contribution in [0.1, 0.15) is 5.69 Å². The lowest BCUT2D eigenvalue weighted by atomic mass is 10.3. The second-order valence-electron chi connectivity index (χ2n) is 2.36. The smallest absolute Gasteiger partial charge is 0.378 e. The SMILES string of the molecule is Nc1nc(C(F)(F)F)ccc1[N+](=O)[O-]. The number of nitrogens with two attached hydrogens (primary N) is 1. The molecule has 0 radical (unpaired) electrons. The molecule has 5 nitrogen and oxygen atoms in total. The lowest BCUT2D eigenvalue weighted by molar-refractivity contribution is -0.384. The molecule has 14 heavy (non-hydrogen) atoms. The molecule has 0 atom stereocenters. The van der Waals surface area contributed by atoms with Crippen LogP contribution >= 0.6 is 0 Å². The zero-order valence-corrected chi connectivity index (χ0v) is 6.58. The van der Waals surface area contributed by atoms with Crippen molar-refractivity contribution in [2.45, 2.75) is 6.18 Å². The predicted octanol–water partition coefficient (Wildman–Crippen LogP) is 1.59. The zero-order chi connectivity index (χ0) is 10.9. The number of halogens is 3. The van der Waals surface area contributed by atoms with Gasteiger partial charge in [-0.1, -0.05) is 0 Å². The number of nitrogen functional groups attached to an aromatic ring is 1. The highest BCUT2D eigenvalue weighted by molar-refractivity contribution is 5.52. The summed E-state index contributed by atoms with van der Waals surface area (Å²) in [6, 6.07) is 1.18. The van der Waals surface area contributed by atoms with E-state index in [0.717, 1.165) is 0 Å². The normalized spacial score (nSPS) is 11.4. The summed E-state index contributed by atoms with van der Waals surface area (Å²) in [5, 5.41) is 10.2. The van der Waals surface area contributed by atoms with E-state index in [4.69, 9.17) is 5.73 Å². The van der Waals surface area contributed by atoms with E-state index in [1.165, 1.54) is 0 Å². The monoisotopic (exact) mass is 207 g/mol. The van der Waals surface area contributed by atoms with Gasteiger partial charge in [0.2, 0.25) is 5.82 Å². The van der Waals surface area contributed by atoms with Crippen LogP contribution in [0.4, 0.5) is 24.7 Å². The fourth-order valence-corrected chi connectivity index (χ4v) is 0.780. The number of hydrogen-bond acceptors (Lipinski definition) is 4. The van der Waals surface area contributed by atoms with Crippen molar-refractivity contribution in [1.82, 2.24) is 4.98 Å². The highest BCUT2D eigenvalue weighted by Crippen LogP contribution is 2.30. The first-order valence-electron chi connectivity index (χ1n) is 3.30. The molecule has 0 aliphatic heterocycles. The molecule has 0 aliphatic carbocycles. The Balaban J connectivity index is 3.20. The van der Waals surface area contributed by atoms with Crippen molar-refractivity contribution in [2.24, 2.45) is 0 Å². The van der Waals surface area contributed by atoms with Gasteiger partial charge < -0.3 is 5.73 Å². The molecule has 2 N–H and O–H groups in total. The van der Waals surface area contributed by atoms with Gasteiger partial charge in [0.1, 0.15) is 5.69 Å². The average Bonchev–Trinajstić information content (AvgIpc) is 2.01. The Morgan fingerprint density at radius 3 is 2.36 bits per heavy atom. The van der Waals surface area contributed by atoms with E-state index in [2.05, 4.69) is 4.98 Å². The van der Waals surface area contributed by atoms with Gasteiger partial charge in [-0.2, -0.15) is 13.2 Å². The van der Waals surface area contributed by atoms with Crippen molar-refractivity contribution in [3.05, 3.63) is 27.9 Å². The predicted molar refractivity (Wildman–Crippen MR) is 40.3 cm³/mol. The zero-order valence-electron chi connectivity index (χ0n) is 6.58. The summed E-state index contributed by atoms with van der Waals surface area (Å²) in [7, 11) is 0. The first-order valence-corrected chi connectivity index (χ1v) is 3.30. The minimum atomic E-state index is -4.65. The summed E-state index contributed by atoms with van der Waals surface area (Å²) >= 11 is 0. The van der Waals surface area contributed by atoms with E-state index in [9.17, 15) is 23.3 Å². The molecule has 0 saturated carbocycles. The van der Waals surface area contributed by atoms with Gasteiger partial charge in [-0.05, 0) is 6.07 Å². The largest absolute Gasteiger partial charge is 0.433 e. The lowest BCUT2D eigenvalue weighted by Crippen LogP contribution is -2.10. The molecule has 0 amide bonds. The van der Waals surface area contributed by atoms with Crippen molar-refractivity contribution in [1.29, 1.82) is 0 Å². The van der Waals surface area contributed by atoms with Crippen LogP contribution in [0.3, 0.4) is 0 Å². The quantitative estimate of drug-likeness (QED) is 0.559. The van der Waals surface area contributed by atoms with Crippen LogP contribution in [-0.2, 0) is 6.18 Å². The van der Waals surface area contributed by atoms with Crippen LogP contribution in [-0.4, -0.2) is 9.91 Å². The minimum Gasteiger partial charge on any atom is -0.378 e.